The number of thiophene rings is 1. The number of nitrogens with zero attached hydrogens (tertiary/aromatic N) is 2. The van der Waals surface area contributed by atoms with Crippen LogP contribution in [0.25, 0.3) is 0 Å². The lowest BCUT2D eigenvalue weighted by Gasteiger charge is -2.39. The lowest BCUT2D eigenvalue weighted by molar-refractivity contribution is -0.124. The van der Waals surface area contributed by atoms with Gasteiger partial charge in [-0.2, -0.15) is 0 Å². The lowest BCUT2D eigenvalue weighted by Crippen LogP contribution is -2.51. The summed E-state index contributed by atoms with van der Waals surface area (Å²) in [6, 6.07) is 6.70. The average molecular weight is 581 g/mol. The number of anilines is 1. The van der Waals surface area contributed by atoms with E-state index in [0.717, 1.165) is 37.0 Å². The molecular weight excluding hydrogens is 540 g/mol. The quantitative estimate of drug-likeness (QED) is 0.271. The van der Waals surface area contributed by atoms with Crippen molar-refractivity contribution >= 4 is 35.0 Å². The first kappa shape index (κ1) is 30.5. The second-order valence-electron chi connectivity index (χ2n) is 12.1. The van der Waals surface area contributed by atoms with Gasteiger partial charge in [-0.1, -0.05) is 24.8 Å². The molecule has 4 rings (SSSR count). The second-order valence-corrected chi connectivity index (χ2v) is 13.2. The minimum atomic E-state index is -1.05. The molecule has 9 nitrogen and oxygen atoms in total. The summed E-state index contributed by atoms with van der Waals surface area (Å²) in [5, 5.41) is 10.1. The van der Waals surface area contributed by atoms with Gasteiger partial charge in [0.05, 0.1) is 10.6 Å². The third-order valence-electron chi connectivity index (χ3n) is 7.60. The molecule has 0 radical (unpaired) electrons. The molecule has 2 aromatic heterocycles. The van der Waals surface area contributed by atoms with Crippen molar-refractivity contribution < 1.29 is 24.2 Å². The van der Waals surface area contributed by atoms with Crippen LogP contribution >= 0.6 is 11.3 Å². The topological polar surface area (TPSA) is 121 Å². The minimum absolute atomic E-state index is 0.00959. The number of amides is 2. The van der Waals surface area contributed by atoms with Gasteiger partial charge in [0.2, 0.25) is 11.8 Å². The average Bonchev–Trinajstić information content (AvgIpc) is 3.36. The molecule has 10 heteroatoms. The predicted octanol–water partition coefficient (Wildman–Crippen LogP) is 6.00. The van der Waals surface area contributed by atoms with Crippen molar-refractivity contribution in [3.8, 4) is 17.7 Å². The van der Waals surface area contributed by atoms with Gasteiger partial charge in [0.15, 0.2) is 0 Å². The Hall–Kier alpha value is -3.42. The minimum Gasteiger partial charge on any atom is -0.477 e. The van der Waals surface area contributed by atoms with Gasteiger partial charge < -0.3 is 14.7 Å². The highest BCUT2D eigenvalue weighted by atomic mass is 32.1. The van der Waals surface area contributed by atoms with Gasteiger partial charge in [0, 0.05) is 35.7 Å². The highest BCUT2D eigenvalue weighted by Gasteiger charge is 2.37. The van der Waals surface area contributed by atoms with E-state index in [0.29, 0.717) is 42.2 Å². The number of carbonyl (C=O) groups excluding carboxylic acids is 2. The van der Waals surface area contributed by atoms with Crippen LogP contribution in [0.5, 0.6) is 5.88 Å². The number of carbonyl (C=O) groups is 3. The van der Waals surface area contributed by atoms with Crippen LogP contribution in [0.1, 0.15) is 93.6 Å². The van der Waals surface area contributed by atoms with Gasteiger partial charge >= 0.3 is 12.1 Å². The van der Waals surface area contributed by atoms with Crippen LogP contribution in [0.3, 0.4) is 0 Å². The van der Waals surface area contributed by atoms with Crippen molar-refractivity contribution in [1.29, 1.82) is 0 Å². The van der Waals surface area contributed by atoms with Gasteiger partial charge in [-0.05, 0) is 90.2 Å². The first-order valence-electron chi connectivity index (χ1n) is 14.4. The summed E-state index contributed by atoms with van der Waals surface area (Å²) in [5.41, 5.74) is 5.85. The molecule has 0 aliphatic heterocycles. The molecule has 2 aliphatic carbocycles. The maximum atomic E-state index is 14.1. The zero-order valence-electron chi connectivity index (χ0n) is 24.2. The summed E-state index contributed by atoms with van der Waals surface area (Å²) in [5.74, 6) is 5.98. The van der Waals surface area contributed by atoms with Gasteiger partial charge in [-0.3, -0.25) is 10.2 Å². The molecule has 41 heavy (non-hydrogen) atoms. The molecule has 2 fully saturated rings. The van der Waals surface area contributed by atoms with Crippen molar-refractivity contribution in [3.63, 3.8) is 0 Å². The number of hydrazine groups is 1. The molecule has 0 aromatic carbocycles. The fraction of sp³-hybridized carbons (Fsp3) is 0.548. The predicted molar refractivity (Wildman–Crippen MR) is 159 cm³/mol. The Morgan fingerprint density at radius 2 is 1.78 bits per heavy atom. The zero-order valence-corrected chi connectivity index (χ0v) is 25.1. The number of pyridine rings is 1. The molecule has 0 saturated heterocycles. The van der Waals surface area contributed by atoms with E-state index in [1.165, 1.54) is 0 Å². The summed E-state index contributed by atoms with van der Waals surface area (Å²) in [6.45, 7) is 8.23. The van der Waals surface area contributed by atoms with Crippen molar-refractivity contribution in [3.05, 3.63) is 40.2 Å². The van der Waals surface area contributed by atoms with Crippen LogP contribution in [0.2, 0.25) is 0 Å². The van der Waals surface area contributed by atoms with E-state index in [1.54, 1.807) is 35.4 Å². The maximum absolute atomic E-state index is 14.1. The fourth-order valence-electron chi connectivity index (χ4n) is 5.39. The Kier molecular flexibility index (Phi) is 10.1. The van der Waals surface area contributed by atoms with Crippen molar-refractivity contribution in [2.75, 3.05) is 4.90 Å². The zero-order chi connectivity index (χ0) is 29.6. The third-order valence-corrected chi connectivity index (χ3v) is 8.63. The molecule has 0 bridgehead atoms. The SMILES string of the molecule is CC1CCC(C(=O)N(c2cc(C#CC(C)(C)C)sc2C(=O)O)[C@H]2CC[C@H](NNC(=O)Oc3ccccn3)CC2)CC1. The molecular formula is C31H40N4O5S. The largest absolute Gasteiger partial charge is 0.477 e. The van der Waals surface area contributed by atoms with Gasteiger partial charge in [0.1, 0.15) is 4.88 Å². The number of hydrogen-bond acceptors (Lipinski definition) is 7. The van der Waals surface area contributed by atoms with Crippen LogP contribution in [-0.4, -0.2) is 40.1 Å². The van der Waals surface area contributed by atoms with Crippen LogP contribution in [0, 0.1) is 29.1 Å². The van der Waals surface area contributed by atoms with Crippen LogP contribution < -0.4 is 20.5 Å². The molecule has 2 aromatic rings. The van der Waals surface area contributed by atoms with E-state index in [2.05, 4.69) is 34.6 Å². The number of aromatic carboxylic acids is 1. The van der Waals surface area contributed by atoms with Crippen molar-refractivity contribution in [1.82, 2.24) is 15.8 Å². The van der Waals surface area contributed by atoms with E-state index in [-0.39, 0.29) is 40.1 Å². The molecule has 0 spiro atoms. The monoisotopic (exact) mass is 580 g/mol. The Morgan fingerprint density at radius 1 is 1.07 bits per heavy atom. The van der Waals surface area contributed by atoms with E-state index in [9.17, 15) is 19.5 Å². The molecule has 3 N–H and O–H groups in total. The Bertz CT molecular complexity index is 1280. The fourth-order valence-corrected chi connectivity index (χ4v) is 6.23. The molecule has 220 valence electrons. The second kappa shape index (κ2) is 13.5. The van der Waals surface area contributed by atoms with Crippen LogP contribution in [0.15, 0.2) is 30.5 Å². The summed E-state index contributed by atoms with van der Waals surface area (Å²) in [6.07, 6.45) is 7.26. The molecule has 2 aliphatic rings. The van der Waals surface area contributed by atoms with Gasteiger partial charge in [0.25, 0.3) is 0 Å². The van der Waals surface area contributed by atoms with Crippen LogP contribution in [-0.2, 0) is 4.79 Å². The van der Waals surface area contributed by atoms with Crippen molar-refractivity contribution in [2.45, 2.75) is 91.1 Å². The highest BCUT2D eigenvalue weighted by molar-refractivity contribution is 7.15. The van der Waals surface area contributed by atoms with Gasteiger partial charge in [-0.25, -0.2) is 20.0 Å². The van der Waals surface area contributed by atoms with E-state index in [4.69, 9.17) is 4.74 Å². The summed E-state index contributed by atoms with van der Waals surface area (Å²) < 4.78 is 5.17. The lowest BCUT2D eigenvalue weighted by atomic mass is 9.81. The number of rotatable bonds is 7. The summed E-state index contributed by atoms with van der Waals surface area (Å²) in [7, 11) is 0. The number of carboxylic acid groups (broad SMARTS) is 1. The Morgan fingerprint density at radius 3 is 2.39 bits per heavy atom. The standard InChI is InChI=1S/C31H40N4O5S/c1-20-8-10-21(11-9-20)28(36)35(25-19-24(16-17-31(2,3)4)41-27(25)29(37)38)23-14-12-22(13-15-23)33-34-30(39)40-26-7-5-6-18-32-26/h5-7,18-23,33H,8-15H2,1-4H3,(H,34,39)(H,37,38)/t20?,21?,22-,23-. The number of hydrogen-bond donors (Lipinski definition) is 3. The van der Waals surface area contributed by atoms with Gasteiger partial charge in [-0.15, -0.1) is 11.3 Å². The molecule has 2 heterocycles. The Labute approximate surface area is 246 Å². The van der Waals surface area contributed by atoms with Crippen LogP contribution in [0.4, 0.5) is 10.5 Å². The molecule has 0 atom stereocenters. The summed E-state index contributed by atoms with van der Waals surface area (Å²) in [4.78, 5) is 45.2. The smallest absolute Gasteiger partial charge is 0.428 e. The molecule has 2 amide bonds. The first-order chi connectivity index (χ1) is 19.5. The molecule has 0 unspecified atom stereocenters. The van der Waals surface area contributed by atoms with Crippen molar-refractivity contribution in [2.24, 2.45) is 17.3 Å². The van der Waals surface area contributed by atoms with E-state index >= 15 is 0 Å². The maximum Gasteiger partial charge on any atom is 0.428 e. The highest BCUT2D eigenvalue weighted by Crippen LogP contribution is 2.38. The summed E-state index contributed by atoms with van der Waals surface area (Å²) >= 11 is 1.13. The van der Waals surface area contributed by atoms with E-state index in [1.807, 2.05) is 20.8 Å². The normalized spacial score (nSPS) is 22.6. The van der Waals surface area contributed by atoms with E-state index < -0.39 is 12.1 Å². The number of carboxylic acids is 1. The first-order valence-corrected chi connectivity index (χ1v) is 15.2. The third kappa shape index (κ3) is 8.54. The Balaban J connectivity index is 1.49. The molecule has 2 saturated carbocycles. The number of ether oxygens (including phenoxy) is 1. The number of aromatic nitrogens is 1. The number of nitrogens with one attached hydrogen (secondary N) is 2.